The summed E-state index contributed by atoms with van der Waals surface area (Å²) in [5.74, 6) is 0.357. The summed E-state index contributed by atoms with van der Waals surface area (Å²) in [7, 11) is 3.25. The standard InChI is InChI=1S/C31H30N2O4/c1-4-10-21(11-7-8-20-36-2)32-26-14-9-15-27(33-22-16-18-23(37-3)19-17-22)29-28(26)30(34)24-12-5-6-13-25(24)31(29)35/h4-10,12-19,26,32-33H,1,11,20H2,2-3H3/b8-7-,21-10+. The van der Waals surface area contributed by atoms with Gasteiger partial charge in [-0.15, -0.1) is 0 Å². The molecule has 2 aromatic carbocycles. The summed E-state index contributed by atoms with van der Waals surface area (Å²) in [5, 5.41) is 6.80. The van der Waals surface area contributed by atoms with E-state index in [1.165, 1.54) is 0 Å². The summed E-state index contributed by atoms with van der Waals surface area (Å²) in [4.78, 5) is 27.7. The van der Waals surface area contributed by atoms with Gasteiger partial charge in [0.05, 0.1) is 31.0 Å². The topological polar surface area (TPSA) is 76.7 Å². The Hall–Kier alpha value is -4.42. The van der Waals surface area contributed by atoms with E-state index in [2.05, 4.69) is 17.2 Å². The van der Waals surface area contributed by atoms with Crippen LogP contribution in [0.15, 0.2) is 120 Å². The molecule has 0 spiro atoms. The van der Waals surface area contributed by atoms with E-state index >= 15 is 0 Å². The fourth-order valence-corrected chi connectivity index (χ4v) is 4.35. The fourth-order valence-electron chi connectivity index (χ4n) is 4.35. The molecular formula is C31H30N2O4. The van der Waals surface area contributed by atoms with Gasteiger partial charge in [0, 0.05) is 41.6 Å². The summed E-state index contributed by atoms with van der Waals surface area (Å²) in [6.07, 6.45) is 13.6. The highest BCUT2D eigenvalue weighted by Gasteiger charge is 2.37. The number of fused-ring (bicyclic) bond motifs is 1. The third kappa shape index (κ3) is 5.71. The molecule has 0 aliphatic heterocycles. The van der Waals surface area contributed by atoms with Gasteiger partial charge in [0.1, 0.15) is 5.75 Å². The van der Waals surface area contributed by atoms with Crippen LogP contribution in [-0.4, -0.2) is 38.4 Å². The molecule has 0 saturated heterocycles. The lowest BCUT2D eigenvalue weighted by molar-refractivity contribution is 0.0972. The Labute approximate surface area is 217 Å². The molecule has 0 bridgehead atoms. The van der Waals surface area contributed by atoms with Crippen molar-refractivity contribution in [2.75, 3.05) is 26.1 Å². The first-order valence-electron chi connectivity index (χ1n) is 12.0. The molecule has 2 aliphatic rings. The van der Waals surface area contributed by atoms with Crippen molar-refractivity contribution in [1.29, 1.82) is 0 Å². The average molecular weight is 495 g/mol. The van der Waals surface area contributed by atoms with Crippen LogP contribution in [0.1, 0.15) is 27.1 Å². The van der Waals surface area contributed by atoms with E-state index in [1.807, 2.05) is 60.7 Å². The molecule has 1 atom stereocenters. The zero-order valence-electron chi connectivity index (χ0n) is 21.0. The zero-order chi connectivity index (χ0) is 26.2. The monoisotopic (exact) mass is 494 g/mol. The number of ether oxygens (including phenoxy) is 2. The van der Waals surface area contributed by atoms with Gasteiger partial charge in [-0.25, -0.2) is 0 Å². The molecule has 0 aromatic heterocycles. The molecule has 2 N–H and O–H groups in total. The number of allylic oxidation sites excluding steroid dienone is 6. The Morgan fingerprint density at radius 2 is 1.73 bits per heavy atom. The van der Waals surface area contributed by atoms with Crippen molar-refractivity contribution in [1.82, 2.24) is 5.32 Å². The Bertz CT molecular complexity index is 1340. The minimum Gasteiger partial charge on any atom is -0.497 e. The molecule has 0 amide bonds. The molecule has 0 fully saturated rings. The van der Waals surface area contributed by atoms with Gasteiger partial charge in [-0.1, -0.05) is 61.2 Å². The van der Waals surface area contributed by atoms with Gasteiger partial charge in [-0.2, -0.15) is 0 Å². The van der Waals surface area contributed by atoms with Crippen LogP contribution in [0.5, 0.6) is 5.75 Å². The molecule has 0 saturated carbocycles. The molecule has 0 radical (unpaired) electrons. The number of hydrogen-bond acceptors (Lipinski definition) is 6. The lowest BCUT2D eigenvalue weighted by Gasteiger charge is -2.27. The van der Waals surface area contributed by atoms with Gasteiger partial charge in [-0.3, -0.25) is 9.59 Å². The Kier molecular flexibility index (Phi) is 8.33. The predicted molar refractivity (Wildman–Crippen MR) is 147 cm³/mol. The van der Waals surface area contributed by atoms with Crippen molar-refractivity contribution in [3.63, 3.8) is 0 Å². The first-order chi connectivity index (χ1) is 18.1. The first kappa shape index (κ1) is 25.7. The van der Waals surface area contributed by atoms with Gasteiger partial charge in [0.15, 0.2) is 11.6 Å². The number of carbonyl (C=O) groups excluding carboxylic acids is 2. The Morgan fingerprint density at radius 1 is 1.00 bits per heavy atom. The molecule has 6 nitrogen and oxygen atoms in total. The van der Waals surface area contributed by atoms with E-state index in [1.54, 1.807) is 44.6 Å². The third-order valence-corrected chi connectivity index (χ3v) is 6.10. The van der Waals surface area contributed by atoms with E-state index < -0.39 is 6.04 Å². The largest absolute Gasteiger partial charge is 0.497 e. The third-order valence-electron chi connectivity index (χ3n) is 6.10. The summed E-state index contributed by atoms with van der Waals surface area (Å²) in [5.41, 5.74) is 3.76. The van der Waals surface area contributed by atoms with Crippen molar-refractivity contribution < 1.29 is 19.1 Å². The molecule has 37 heavy (non-hydrogen) atoms. The van der Waals surface area contributed by atoms with Crippen LogP contribution in [-0.2, 0) is 4.74 Å². The van der Waals surface area contributed by atoms with Gasteiger partial charge >= 0.3 is 0 Å². The van der Waals surface area contributed by atoms with Crippen LogP contribution in [0.2, 0.25) is 0 Å². The highest BCUT2D eigenvalue weighted by molar-refractivity contribution is 6.29. The second-order valence-corrected chi connectivity index (χ2v) is 8.49. The lowest BCUT2D eigenvalue weighted by atomic mass is 9.80. The van der Waals surface area contributed by atoms with Crippen LogP contribution in [0.3, 0.4) is 0 Å². The van der Waals surface area contributed by atoms with E-state index in [9.17, 15) is 9.59 Å². The van der Waals surface area contributed by atoms with Crippen molar-refractivity contribution >= 4 is 17.3 Å². The molecule has 4 rings (SSSR count). The number of benzene rings is 2. The number of rotatable bonds is 10. The molecule has 0 heterocycles. The summed E-state index contributed by atoms with van der Waals surface area (Å²) >= 11 is 0. The smallest absolute Gasteiger partial charge is 0.196 e. The second kappa shape index (κ2) is 12.0. The zero-order valence-corrected chi connectivity index (χ0v) is 21.0. The quantitative estimate of drug-likeness (QED) is 0.333. The van der Waals surface area contributed by atoms with E-state index in [0.29, 0.717) is 41.0 Å². The minimum absolute atomic E-state index is 0.176. The molecule has 2 aromatic rings. The predicted octanol–water partition coefficient (Wildman–Crippen LogP) is 5.56. The van der Waals surface area contributed by atoms with E-state index in [4.69, 9.17) is 9.47 Å². The normalized spacial score (nSPS) is 17.2. The first-order valence-corrected chi connectivity index (χ1v) is 12.0. The SMILES string of the molecule is C=C/C=C(\C/C=C\COC)NC1C=CC=C(Nc2ccc(OC)cc2)C2=C1C(=O)c1ccccc1C2=O. The second-order valence-electron chi connectivity index (χ2n) is 8.49. The number of carbonyl (C=O) groups is 2. The van der Waals surface area contributed by atoms with Crippen LogP contribution in [0.4, 0.5) is 5.69 Å². The van der Waals surface area contributed by atoms with E-state index in [0.717, 1.165) is 17.1 Å². The maximum absolute atomic E-state index is 13.9. The van der Waals surface area contributed by atoms with Crippen LogP contribution < -0.4 is 15.4 Å². The maximum Gasteiger partial charge on any atom is 0.196 e. The van der Waals surface area contributed by atoms with Crippen molar-refractivity contribution in [3.05, 3.63) is 131 Å². The minimum atomic E-state index is -0.520. The van der Waals surface area contributed by atoms with Gasteiger partial charge in [-0.05, 0) is 36.4 Å². The van der Waals surface area contributed by atoms with Crippen LogP contribution in [0, 0.1) is 0 Å². The van der Waals surface area contributed by atoms with Gasteiger partial charge < -0.3 is 20.1 Å². The number of anilines is 1. The highest BCUT2D eigenvalue weighted by atomic mass is 16.5. The van der Waals surface area contributed by atoms with Crippen molar-refractivity contribution in [3.8, 4) is 5.75 Å². The number of hydrogen-bond donors (Lipinski definition) is 2. The fraction of sp³-hybridized carbons (Fsp3) is 0.161. The van der Waals surface area contributed by atoms with Crippen molar-refractivity contribution in [2.45, 2.75) is 12.5 Å². The molecule has 1 unspecified atom stereocenters. The highest BCUT2D eigenvalue weighted by Crippen LogP contribution is 2.35. The lowest BCUT2D eigenvalue weighted by Crippen LogP contribution is -2.37. The Morgan fingerprint density at radius 3 is 2.41 bits per heavy atom. The van der Waals surface area contributed by atoms with E-state index in [-0.39, 0.29) is 11.6 Å². The van der Waals surface area contributed by atoms with Gasteiger partial charge in [0.2, 0.25) is 0 Å². The summed E-state index contributed by atoms with van der Waals surface area (Å²) < 4.78 is 10.3. The summed E-state index contributed by atoms with van der Waals surface area (Å²) in [6.45, 7) is 4.33. The van der Waals surface area contributed by atoms with Crippen molar-refractivity contribution in [2.24, 2.45) is 0 Å². The molecule has 2 aliphatic carbocycles. The van der Waals surface area contributed by atoms with Crippen LogP contribution in [0.25, 0.3) is 0 Å². The number of Topliss-reactive ketones (excluding diaryl/α,β-unsaturated/α-hetero) is 2. The number of nitrogens with one attached hydrogen (secondary N) is 2. The molecule has 6 heteroatoms. The maximum atomic E-state index is 13.9. The molecular weight excluding hydrogens is 464 g/mol. The molecule has 188 valence electrons. The Balaban J connectivity index is 1.75. The van der Waals surface area contributed by atoms with Gasteiger partial charge in [0.25, 0.3) is 0 Å². The summed E-state index contributed by atoms with van der Waals surface area (Å²) in [6, 6.07) is 13.8. The van der Waals surface area contributed by atoms with Crippen LogP contribution >= 0.6 is 0 Å². The number of ketones is 2. The number of methoxy groups -OCH3 is 2. The average Bonchev–Trinajstić information content (AvgIpc) is 3.09.